The van der Waals surface area contributed by atoms with Crippen LogP contribution in [0.15, 0.2) is 24.3 Å². The smallest absolute Gasteiger partial charge is 0.182 e. The molecule has 0 bridgehead atoms. The Morgan fingerprint density at radius 1 is 1.19 bits per heavy atom. The molecule has 1 aromatic carbocycles. The van der Waals surface area contributed by atoms with E-state index in [4.69, 9.17) is 5.73 Å². The molecule has 2 N–H and O–H groups in total. The zero-order chi connectivity index (χ0) is 11.6. The fraction of sp³-hybridized carbons (Fsp3) is 0.500. The minimum atomic E-state index is -0.607. The van der Waals surface area contributed by atoms with Crippen molar-refractivity contribution in [3.8, 4) is 0 Å². The van der Waals surface area contributed by atoms with Crippen molar-refractivity contribution in [1.29, 1.82) is 0 Å². The molecule has 2 heteroatoms. The van der Waals surface area contributed by atoms with E-state index >= 15 is 0 Å². The topological polar surface area (TPSA) is 43.1 Å². The zero-order valence-electron chi connectivity index (χ0n) is 9.83. The highest BCUT2D eigenvalue weighted by Crippen LogP contribution is 2.29. The van der Waals surface area contributed by atoms with Crippen LogP contribution in [0.5, 0.6) is 0 Å². The van der Waals surface area contributed by atoms with Crippen LogP contribution < -0.4 is 5.73 Å². The Morgan fingerprint density at radius 3 is 2.44 bits per heavy atom. The van der Waals surface area contributed by atoms with Crippen LogP contribution >= 0.6 is 0 Å². The molecule has 1 aliphatic rings. The standard InChI is InChI=1S/C14H19NO/c1-11-7-3-4-8-12(11)13(16)14(15)9-5-2-6-10-14/h3-4,7-8H,2,5-6,9-10,15H2,1H3. The summed E-state index contributed by atoms with van der Waals surface area (Å²) in [6.45, 7) is 1.97. The molecule has 0 aromatic heterocycles. The van der Waals surface area contributed by atoms with E-state index < -0.39 is 5.54 Å². The third-order valence-corrected chi connectivity index (χ3v) is 3.59. The molecule has 2 nitrogen and oxygen atoms in total. The van der Waals surface area contributed by atoms with Crippen LogP contribution in [0.2, 0.25) is 0 Å². The molecule has 0 atom stereocenters. The molecule has 1 fully saturated rings. The van der Waals surface area contributed by atoms with Gasteiger partial charge in [-0.25, -0.2) is 0 Å². The Balaban J connectivity index is 2.28. The summed E-state index contributed by atoms with van der Waals surface area (Å²) in [7, 11) is 0. The van der Waals surface area contributed by atoms with E-state index in [1.54, 1.807) is 0 Å². The second kappa shape index (κ2) is 4.38. The molecule has 1 aromatic rings. The van der Waals surface area contributed by atoms with E-state index in [9.17, 15) is 4.79 Å². The Bertz CT molecular complexity index is 391. The van der Waals surface area contributed by atoms with Gasteiger partial charge in [0, 0.05) is 5.56 Å². The van der Waals surface area contributed by atoms with E-state index in [0.717, 1.165) is 36.8 Å². The summed E-state index contributed by atoms with van der Waals surface area (Å²) in [6.07, 6.45) is 5.03. The number of carbonyl (C=O) groups is 1. The molecule has 0 radical (unpaired) electrons. The van der Waals surface area contributed by atoms with Gasteiger partial charge in [0.05, 0.1) is 5.54 Å². The van der Waals surface area contributed by atoms with Gasteiger partial charge in [-0.3, -0.25) is 4.79 Å². The van der Waals surface area contributed by atoms with Crippen LogP contribution in [0.1, 0.15) is 48.0 Å². The SMILES string of the molecule is Cc1ccccc1C(=O)C1(N)CCCCC1. The summed E-state index contributed by atoms with van der Waals surface area (Å²) in [5.41, 5.74) is 7.48. The summed E-state index contributed by atoms with van der Waals surface area (Å²) < 4.78 is 0. The highest BCUT2D eigenvalue weighted by molar-refractivity contribution is 6.04. The largest absolute Gasteiger partial charge is 0.319 e. The number of aryl methyl sites for hydroxylation is 1. The van der Waals surface area contributed by atoms with E-state index in [0.29, 0.717) is 0 Å². The van der Waals surface area contributed by atoms with Gasteiger partial charge in [0.15, 0.2) is 5.78 Å². The lowest BCUT2D eigenvalue weighted by Gasteiger charge is -2.32. The number of Topliss-reactive ketones (excluding diaryl/α,β-unsaturated/α-hetero) is 1. The molecule has 16 heavy (non-hydrogen) atoms. The van der Waals surface area contributed by atoms with E-state index in [1.165, 1.54) is 6.42 Å². The fourth-order valence-corrected chi connectivity index (χ4v) is 2.51. The Kier molecular flexibility index (Phi) is 3.10. The first-order chi connectivity index (χ1) is 7.63. The van der Waals surface area contributed by atoms with Crippen molar-refractivity contribution in [2.75, 3.05) is 0 Å². The molecule has 0 amide bonds. The summed E-state index contributed by atoms with van der Waals surface area (Å²) in [5, 5.41) is 0. The van der Waals surface area contributed by atoms with Crippen molar-refractivity contribution in [3.05, 3.63) is 35.4 Å². The fourth-order valence-electron chi connectivity index (χ4n) is 2.51. The second-order valence-electron chi connectivity index (χ2n) is 4.86. The number of benzene rings is 1. The average Bonchev–Trinajstić information content (AvgIpc) is 2.30. The van der Waals surface area contributed by atoms with E-state index in [2.05, 4.69) is 0 Å². The van der Waals surface area contributed by atoms with Gasteiger partial charge in [-0.1, -0.05) is 43.5 Å². The Labute approximate surface area is 96.8 Å². The Morgan fingerprint density at radius 2 is 1.81 bits per heavy atom. The minimum absolute atomic E-state index is 0.130. The molecule has 0 heterocycles. The van der Waals surface area contributed by atoms with Crippen molar-refractivity contribution < 1.29 is 4.79 Å². The van der Waals surface area contributed by atoms with Crippen LogP contribution in [-0.2, 0) is 0 Å². The van der Waals surface area contributed by atoms with Crippen LogP contribution in [0.4, 0.5) is 0 Å². The molecular formula is C14H19NO. The van der Waals surface area contributed by atoms with E-state index in [-0.39, 0.29) is 5.78 Å². The summed E-state index contributed by atoms with van der Waals surface area (Å²) in [6, 6.07) is 7.73. The van der Waals surface area contributed by atoms with E-state index in [1.807, 2.05) is 31.2 Å². The molecule has 2 rings (SSSR count). The minimum Gasteiger partial charge on any atom is -0.319 e. The molecule has 0 saturated heterocycles. The first-order valence-corrected chi connectivity index (χ1v) is 6.03. The van der Waals surface area contributed by atoms with Crippen molar-refractivity contribution in [3.63, 3.8) is 0 Å². The molecule has 0 aliphatic heterocycles. The summed E-state index contributed by atoms with van der Waals surface area (Å²) in [4.78, 5) is 12.4. The van der Waals surface area contributed by atoms with Gasteiger partial charge in [-0.15, -0.1) is 0 Å². The van der Waals surface area contributed by atoms with Gasteiger partial charge < -0.3 is 5.73 Å². The molecule has 0 spiro atoms. The predicted molar refractivity (Wildman–Crippen MR) is 65.5 cm³/mol. The number of ketones is 1. The van der Waals surface area contributed by atoms with Crippen LogP contribution in [-0.4, -0.2) is 11.3 Å². The number of hydrogen-bond donors (Lipinski definition) is 1. The van der Waals surface area contributed by atoms with Gasteiger partial charge in [-0.2, -0.15) is 0 Å². The van der Waals surface area contributed by atoms with Crippen LogP contribution in [0.25, 0.3) is 0 Å². The van der Waals surface area contributed by atoms with Crippen molar-refractivity contribution in [1.82, 2.24) is 0 Å². The molecule has 0 unspecified atom stereocenters. The van der Waals surface area contributed by atoms with Gasteiger partial charge in [-0.05, 0) is 25.3 Å². The van der Waals surface area contributed by atoms with Crippen LogP contribution in [0, 0.1) is 6.92 Å². The number of rotatable bonds is 2. The maximum atomic E-state index is 12.4. The molecule has 1 saturated carbocycles. The van der Waals surface area contributed by atoms with Crippen molar-refractivity contribution in [2.24, 2.45) is 5.73 Å². The third-order valence-electron chi connectivity index (χ3n) is 3.59. The second-order valence-corrected chi connectivity index (χ2v) is 4.86. The van der Waals surface area contributed by atoms with Crippen LogP contribution in [0.3, 0.4) is 0 Å². The van der Waals surface area contributed by atoms with Crippen molar-refractivity contribution >= 4 is 5.78 Å². The predicted octanol–water partition coefficient (Wildman–Crippen LogP) is 2.84. The summed E-state index contributed by atoms with van der Waals surface area (Å²) >= 11 is 0. The maximum Gasteiger partial charge on any atom is 0.182 e. The lowest BCUT2D eigenvalue weighted by atomic mass is 9.77. The number of hydrogen-bond acceptors (Lipinski definition) is 2. The average molecular weight is 217 g/mol. The lowest BCUT2D eigenvalue weighted by molar-refractivity contribution is 0.0847. The maximum absolute atomic E-state index is 12.4. The third kappa shape index (κ3) is 2.03. The van der Waals surface area contributed by atoms with Crippen molar-refractivity contribution in [2.45, 2.75) is 44.6 Å². The lowest BCUT2D eigenvalue weighted by Crippen LogP contribution is -2.49. The highest BCUT2D eigenvalue weighted by atomic mass is 16.1. The van der Waals surface area contributed by atoms with Gasteiger partial charge in [0.25, 0.3) is 0 Å². The first-order valence-electron chi connectivity index (χ1n) is 6.03. The Hall–Kier alpha value is -1.15. The number of nitrogens with two attached hydrogens (primary N) is 1. The molecule has 1 aliphatic carbocycles. The molecule has 86 valence electrons. The zero-order valence-corrected chi connectivity index (χ0v) is 9.83. The monoisotopic (exact) mass is 217 g/mol. The molecular weight excluding hydrogens is 198 g/mol. The first kappa shape index (κ1) is 11.3. The highest BCUT2D eigenvalue weighted by Gasteiger charge is 2.36. The van der Waals surface area contributed by atoms with Gasteiger partial charge in [0.2, 0.25) is 0 Å². The quantitative estimate of drug-likeness (QED) is 0.774. The normalized spacial score (nSPS) is 19.4. The van der Waals surface area contributed by atoms with Gasteiger partial charge in [0.1, 0.15) is 0 Å². The van der Waals surface area contributed by atoms with Gasteiger partial charge >= 0.3 is 0 Å². The number of carbonyl (C=O) groups excluding carboxylic acids is 1. The summed E-state index contributed by atoms with van der Waals surface area (Å²) in [5.74, 6) is 0.130.